The van der Waals surface area contributed by atoms with E-state index in [0.717, 1.165) is 10.5 Å². The van der Waals surface area contributed by atoms with Crippen molar-refractivity contribution >= 4 is 21.8 Å². The van der Waals surface area contributed by atoms with Crippen molar-refractivity contribution < 1.29 is 22.8 Å². The number of hydrogen-bond acceptors (Lipinski definition) is 7. The first-order chi connectivity index (χ1) is 10.5. The molecule has 0 saturated carbocycles. The maximum atomic E-state index is 12.3. The SMILES string of the molecule is CCOCCOCCCS(=O)(=O)N1CCCSC1=C[N+](=O)[O-]. The highest BCUT2D eigenvalue weighted by atomic mass is 32.2. The molecule has 1 heterocycles. The zero-order valence-electron chi connectivity index (χ0n) is 12.6. The van der Waals surface area contributed by atoms with Crippen LogP contribution in [-0.4, -0.2) is 62.1 Å². The van der Waals surface area contributed by atoms with E-state index in [4.69, 9.17) is 9.47 Å². The van der Waals surface area contributed by atoms with Gasteiger partial charge in [0.2, 0.25) is 10.0 Å². The fourth-order valence-corrected chi connectivity index (χ4v) is 4.66. The van der Waals surface area contributed by atoms with E-state index in [0.29, 0.717) is 51.6 Å². The Balaban J connectivity index is 2.45. The Kier molecular flexibility index (Phi) is 8.76. The van der Waals surface area contributed by atoms with Crippen molar-refractivity contribution in [2.75, 3.05) is 44.5 Å². The molecule has 0 spiro atoms. The molecule has 0 aromatic rings. The average molecular weight is 354 g/mol. The van der Waals surface area contributed by atoms with Gasteiger partial charge in [-0.3, -0.25) is 14.4 Å². The van der Waals surface area contributed by atoms with E-state index in [1.807, 2.05) is 6.92 Å². The van der Waals surface area contributed by atoms with E-state index in [9.17, 15) is 18.5 Å². The first-order valence-electron chi connectivity index (χ1n) is 7.11. The lowest BCUT2D eigenvalue weighted by molar-refractivity contribution is -0.403. The molecular formula is C12H22N2O6S2. The summed E-state index contributed by atoms with van der Waals surface area (Å²) in [5.41, 5.74) is 0. The van der Waals surface area contributed by atoms with Gasteiger partial charge < -0.3 is 9.47 Å². The summed E-state index contributed by atoms with van der Waals surface area (Å²) >= 11 is 1.20. The van der Waals surface area contributed by atoms with Crippen molar-refractivity contribution in [1.29, 1.82) is 0 Å². The summed E-state index contributed by atoms with van der Waals surface area (Å²) < 4.78 is 36.1. The van der Waals surface area contributed by atoms with Gasteiger partial charge in [0.1, 0.15) is 0 Å². The minimum atomic E-state index is -3.55. The third-order valence-corrected chi connectivity index (χ3v) is 5.91. The number of nitro groups is 1. The number of hydrogen-bond donors (Lipinski definition) is 0. The molecule has 0 aliphatic carbocycles. The summed E-state index contributed by atoms with van der Waals surface area (Å²) in [4.78, 5) is 9.97. The van der Waals surface area contributed by atoms with Crippen LogP contribution in [0.5, 0.6) is 0 Å². The molecule has 0 radical (unpaired) electrons. The smallest absolute Gasteiger partial charge is 0.265 e. The monoisotopic (exact) mass is 354 g/mol. The zero-order chi connectivity index (χ0) is 16.4. The third-order valence-electron chi connectivity index (χ3n) is 2.82. The minimum Gasteiger partial charge on any atom is -0.379 e. The van der Waals surface area contributed by atoms with Gasteiger partial charge in [-0.1, -0.05) is 0 Å². The molecule has 8 nitrogen and oxygen atoms in total. The van der Waals surface area contributed by atoms with Crippen LogP contribution in [0, 0.1) is 10.1 Å². The largest absolute Gasteiger partial charge is 0.379 e. The van der Waals surface area contributed by atoms with E-state index in [1.165, 1.54) is 11.8 Å². The van der Waals surface area contributed by atoms with Gasteiger partial charge in [-0.15, -0.1) is 11.8 Å². The Hall–Kier alpha value is -0.840. The second kappa shape index (κ2) is 10.0. The van der Waals surface area contributed by atoms with E-state index >= 15 is 0 Å². The molecule has 22 heavy (non-hydrogen) atoms. The van der Waals surface area contributed by atoms with E-state index in [1.54, 1.807) is 0 Å². The lowest BCUT2D eigenvalue weighted by Crippen LogP contribution is -2.35. The molecular weight excluding hydrogens is 332 g/mol. The number of rotatable bonds is 10. The second-order valence-electron chi connectivity index (χ2n) is 4.51. The number of nitrogens with zero attached hydrogens (tertiary/aromatic N) is 2. The first kappa shape index (κ1) is 19.2. The summed E-state index contributed by atoms with van der Waals surface area (Å²) in [6, 6.07) is 0. The molecule has 0 aromatic heterocycles. The van der Waals surface area contributed by atoms with Crippen LogP contribution < -0.4 is 0 Å². The fourth-order valence-electron chi connectivity index (χ4n) is 1.85. The van der Waals surface area contributed by atoms with Gasteiger partial charge >= 0.3 is 0 Å². The van der Waals surface area contributed by atoms with Crippen LogP contribution in [-0.2, 0) is 19.5 Å². The summed E-state index contributed by atoms with van der Waals surface area (Å²) in [5.74, 6) is 0.601. The quantitative estimate of drug-likeness (QED) is 0.331. The molecule has 0 unspecified atom stereocenters. The number of thioether (sulfide) groups is 1. The van der Waals surface area contributed by atoms with Crippen LogP contribution in [0.3, 0.4) is 0 Å². The molecule has 128 valence electrons. The molecule has 1 aliphatic rings. The van der Waals surface area contributed by atoms with Gasteiger partial charge in [0, 0.05) is 25.5 Å². The highest BCUT2D eigenvalue weighted by molar-refractivity contribution is 8.04. The predicted octanol–water partition coefficient (Wildman–Crippen LogP) is 1.27. The van der Waals surface area contributed by atoms with Gasteiger partial charge in [-0.2, -0.15) is 0 Å². The van der Waals surface area contributed by atoms with Crippen LogP contribution in [0.25, 0.3) is 0 Å². The summed E-state index contributed by atoms with van der Waals surface area (Å²) in [6.45, 7) is 4.04. The van der Waals surface area contributed by atoms with Crippen molar-refractivity contribution in [2.45, 2.75) is 19.8 Å². The van der Waals surface area contributed by atoms with Crippen molar-refractivity contribution in [2.24, 2.45) is 0 Å². The summed E-state index contributed by atoms with van der Waals surface area (Å²) in [7, 11) is -3.55. The van der Waals surface area contributed by atoms with Crippen LogP contribution in [0.2, 0.25) is 0 Å². The van der Waals surface area contributed by atoms with E-state index < -0.39 is 14.9 Å². The molecule has 1 rings (SSSR count). The minimum absolute atomic E-state index is 0.0861. The van der Waals surface area contributed by atoms with Crippen LogP contribution in [0.4, 0.5) is 0 Å². The predicted molar refractivity (Wildman–Crippen MR) is 84.6 cm³/mol. The molecule has 0 aromatic carbocycles. The molecule has 1 fully saturated rings. The molecule has 0 N–H and O–H groups in total. The molecule has 1 saturated heterocycles. The van der Waals surface area contributed by atoms with Crippen LogP contribution >= 0.6 is 11.8 Å². The molecule has 0 amide bonds. The molecule has 10 heteroatoms. The van der Waals surface area contributed by atoms with Gasteiger partial charge in [-0.05, 0) is 19.8 Å². The topological polar surface area (TPSA) is 99.0 Å². The summed E-state index contributed by atoms with van der Waals surface area (Å²) in [5, 5.41) is 10.8. The van der Waals surface area contributed by atoms with Crippen molar-refractivity contribution in [3.8, 4) is 0 Å². The van der Waals surface area contributed by atoms with Gasteiger partial charge in [-0.25, -0.2) is 8.42 Å². The van der Waals surface area contributed by atoms with Crippen LogP contribution in [0.15, 0.2) is 11.2 Å². The van der Waals surface area contributed by atoms with E-state index in [2.05, 4.69) is 0 Å². The Labute approximate surface area is 135 Å². The van der Waals surface area contributed by atoms with Gasteiger partial charge in [0.15, 0.2) is 5.03 Å². The average Bonchev–Trinajstić information content (AvgIpc) is 2.46. The Morgan fingerprint density at radius 1 is 1.36 bits per heavy atom. The molecule has 0 bridgehead atoms. The van der Waals surface area contributed by atoms with Gasteiger partial charge in [0.25, 0.3) is 6.20 Å². The van der Waals surface area contributed by atoms with Crippen molar-refractivity contribution in [1.82, 2.24) is 4.31 Å². The molecule has 0 atom stereocenters. The standard InChI is InChI=1S/C12H22N2O6S2/c1-2-19-7-8-20-6-4-10-22(17,18)13-5-3-9-21-12(13)11-14(15)16/h11H,2-10H2,1H3. The maximum Gasteiger partial charge on any atom is 0.265 e. The Bertz CT molecular complexity index is 480. The first-order valence-corrected chi connectivity index (χ1v) is 9.71. The van der Waals surface area contributed by atoms with Crippen molar-refractivity contribution in [3.05, 3.63) is 21.3 Å². The van der Waals surface area contributed by atoms with Gasteiger partial charge in [0.05, 0.1) is 23.9 Å². The normalized spacial score (nSPS) is 17.9. The van der Waals surface area contributed by atoms with Crippen LogP contribution in [0.1, 0.15) is 19.8 Å². The zero-order valence-corrected chi connectivity index (χ0v) is 14.2. The maximum absolute atomic E-state index is 12.3. The Morgan fingerprint density at radius 2 is 2.09 bits per heavy atom. The Morgan fingerprint density at radius 3 is 2.77 bits per heavy atom. The third kappa shape index (κ3) is 6.95. The second-order valence-corrected chi connectivity index (χ2v) is 7.63. The lowest BCUT2D eigenvalue weighted by Gasteiger charge is -2.28. The highest BCUT2D eigenvalue weighted by Crippen LogP contribution is 2.29. The number of sulfonamides is 1. The summed E-state index contributed by atoms with van der Waals surface area (Å²) in [6.07, 6.45) is 1.80. The molecule has 1 aliphatic heterocycles. The highest BCUT2D eigenvalue weighted by Gasteiger charge is 2.29. The number of ether oxygens (including phenoxy) is 2. The van der Waals surface area contributed by atoms with E-state index in [-0.39, 0.29) is 10.8 Å². The lowest BCUT2D eigenvalue weighted by atomic mass is 10.5. The van der Waals surface area contributed by atoms with Crippen molar-refractivity contribution in [3.63, 3.8) is 0 Å². The fraction of sp³-hybridized carbons (Fsp3) is 0.833.